The van der Waals surface area contributed by atoms with Crippen LogP contribution in [0.3, 0.4) is 0 Å². The van der Waals surface area contributed by atoms with Crippen molar-refractivity contribution in [3.8, 4) is 11.4 Å². The fourth-order valence-electron chi connectivity index (χ4n) is 5.58. The molecule has 0 fully saturated rings. The van der Waals surface area contributed by atoms with Crippen molar-refractivity contribution in [3.05, 3.63) is 74.0 Å². The number of pyridine rings is 2. The number of halogens is 1. The zero-order valence-corrected chi connectivity index (χ0v) is 19.4. The van der Waals surface area contributed by atoms with Gasteiger partial charge in [0.05, 0.1) is 35.6 Å². The van der Waals surface area contributed by atoms with Gasteiger partial charge in [0.15, 0.2) is 0 Å². The van der Waals surface area contributed by atoms with Gasteiger partial charge in [-0.15, -0.1) is 0 Å². The first kappa shape index (κ1) is 21.9. The van der Waals surface area contributed by atoms with Crippen LogP contribution in [0.15, 0.2) is 29.3 Å². The second-order valence-electron chi connectivity index (χ2n) is 9.23. The van der Waals surface area contributed by atoms with E-state index in [1.165, 1.54) is 6.07 Å². The Morgan fingerprint density at radius 2 is 2.11 bits per heavy atom. The molecule has 9 heteroatoms. The summed E-state index contributed by atoms with van der Waals surface area (Å²) < 4.78 is 27.9. The number of carbonyl (C=O) groups excluding carboxylic acids is 1. The molecule has 0 radical (unpaired) electrons. The summed E-state index contributed by atoms with van der Waals surface area (Å²) in [5, 5.41) is 3.59. The van der Waals surface area contributed by atoms with Gasteiger partial charge in [-0.1, -0.05) is 6.58 Å². The molecule has 4 heterocycles. The van der Waals surface area contributed by atoms with Crippen LogP contribution in [0.2, 0.25) is 0 Å². The van der Waals surface area contributed by atoms with Crippen LogP contribution in [0.1, 0.15) is 45.9 Å². The summed E-state index contributed by atoms with van der Waals surface area (Å²) >= 11 is 0. The lowest BCUT2D eigenvalue weighted by atomic mass is 9.85. The molecule has 0 saturated heterocycles. The van der Waals surface area contributed by atoms with Crippen LogP contribution in [-0.4, -0.2) is 28.7 Å². The van der Waals surface area contributed by atoms with Gasteiger partial charge in [-0.05, 0) is 48.9 Å². The van der Waals surface area contributed by atoms with Crippen molar-refractivity contribution >= 4 is 16.8 Å². The summed E-state index contributed by atoms with van der Waals surface area (Å²) in [5.74, 6) is -0.261. The van der Waals surface area contributed by atoms with Gasteiger partial charge in [0.1, 0.15) is 31.0 Å². The Morgan fingerprint density at radius 1 is 1.31 bits per heavy atom. The SMILES string of the molecule is C=C1OCc2c(cc3n(c2=O)Cc2c-3nc3cc(F)c(C)c4c3c2CCC4)C1OCNC(=O)CN. The molecular formula is C26H25FN4O4. The number of aromatic nitrogens is 2. The number of nitrogens with two attached hydrogens (primary N) is 1. The molecule has 1 atom stereocenters. The summed E-state index contributed by atoms with van der Waals surface area (Å²) in [6, 6.07) is 3.40. The smallest absolute Gasteiger partial charge is 0.258 e. The monoisotopic (exact) mass is 476 g/mol. The molecule has 1 unspecified atom stereocenters. The summed E-state index contributed by atoms with van der Waals surface area (Å²) in [5.41, 5.74) is 12.2. The lowest BCUT2D eigenvalue weighted by Gasteiger charge is -2.28. The Labute approximate surface area is 200 Å². The number of rotatable bonds is 4. The molecule has 6 rings (SSSR count). The van der Waals surface area contributed by atoms with Crippen molar-refractivity contribution in [2.24, 2.45) is 5.73 Å². The second kappa shape index (κ2) is 8.00. The highest BCUT2D eigenvalue weighted by atomic mass is 19.1. The van der Waals surface area contributed by atoms with Crippen molar-refractivity contribution in [2.45, 2.75) is 45.4 Å². The Bertz CT molecular complexity index is 1510. The topological polar surface area (TPSA) is 108 Å². The second-order valence-corrected chi connectivity index (χ2v) is 9.23. The van der Waals surface area contributed by atoms with Crippen molar-refractivity contribution < 1.29 is 18.7 Å². The molecule has 1 aliphatic carbocycles. The zero-order chi connectivity index (χ0) is 24.4. The van der Waals surface area contributed by atoms with Crippen molar-refractivity contribution in [2.75, 3.05) is 13.3 Å². The number of nitrogens with zero attached hydrogens (tertiary/aromatic N) is 2. The van der Waals surface area contributed by atoms with Gasteiger partial charge in [0, 0.05) is 22.6 Å². The van der Waals surface area contributed by atoms with Gasteiger partial charge in [-0.3, -0.25) is 9.59 Å². The Morgan fingerprint density at radius 3 is 2.91 bits per heavy atom. The molecule has 3 aromatic rings. The van der Waals surface area contributed by atoms with E-state index < -0.39 is 6.10 Å². The number of amides is 1. The van der Waals surface area contributed by atoms with Gasteiger partial charge >= 0.3 is 0 Å². The van der Waals surface area contributed by atoms with E-state index in [2.05, 4.69) is 11.9 Å². The molecule has 1 aromatic carbocycles. The fraction of sp³-hybridized carbons (Fsp3) is 0.346. The zero-order valence-electron chi connectivity index (χ0n) is 19.4. The van der Waals surface area contributed by atoms with Crippen LogP contribution in [-0.2, 0) is 40.3 Å². The number of hydrogen-bond donors (Lipinski definition) is 2. The molecule has 0 spiro atoms. The Balaban J connectivity index is 1.50. The Hall–Kier alpha value is -3.56. The number of carbonyl (C=O) groups is 1. The molecule has 3 aliphatic rings. The molecule has 8 nitrogen and oxygen atoms in total. The van der Waals surface area contributed by atoms with Crippen LogP contribution in [0.5, 0.6) is 0 Å². The first-order valence-electron chi connectivity index (χ1n) is 11.7. The maximum atomic E-state index is 14.7. The highest BCUT2D eigenvalue weighted by molar-refractivity contribution is 5.92. The third kappa shape index (κ3) is 3.22. The quantitative estimate of drug-likeness (QED) is 0.438. The fourth-order valence-corrected chi connectivity index (χ4v) is 5.58. The molecule has 2 aromatic heterocycles. The summed E-state index contributed by atoms with van der Waals surface area (Å²) in [4.78, 5) is 29.9. The normalized spacial score (nSPS) is 17.6. The number of ether oxygens (including phenoxy) is 2. The van der Waals surface area contributed by atoms with E-state index in [0.29, 0.717) is 45.9 Å². The van der Waals surface area contributed by atoms with Crippen LogP contribution >= 0.6 is 0 Å². The maximum absolute atomic E-state index is 14.7. The largest absolute Gasteiger partial charge is 0.491 e. The molecule has 2 aliphatic heterocycles. The van der Waals surface area contributed by atoms with Gasteiger partial charge in [-0.2, -0.15) is 0 Å². The highest BCUT2D eigenvalue weighted by Crippen LogP contribution is 2.43. The molecule has 180 valence electrons. The molecule has 0 bridgehead atoms. The molecule has 35 heavy (non-hydrogen) atoms. The lowest BCUT2D eigenvalue weighted by molar-refractivity contribution is -0.122. The first-order chi connectivity index (χ1) is 16.9. The maximum Gasteiger partial charge on any atom is 0.258 e. The highest BCUT2D eigenvalue weighted by Gasteiger charge is 2.34. The molecule has 1 amide bonds. The van der Waals surface area contributed by atoms with E-state index >= 15 is 0 Å². The number of hydrogen-bond acceptors (Lipinski definition) is 6. The van der Waals surface area contributed by atoms with Crippen LogP contribution in [0.25, 0.3) is 22.3 Å². The number of nitrogens with one attached hydrogen (secondary N) is 1. The van der Waals surface area contributed by atoms with E-state index in [-0.39, 0.29) is 37.2 Å². The van der Waals surface area contributed by atoms with E-state index in [0.717, 1.165) is 41.3 Å². The molecule has 0 saturated carbocycles. The predicted molar refractivity (Wildman–Crippen MR) is 127 cm³/mol. The van der Waals surface area contributed by atoms with Crippen molar-refractivity contribution in [1.82, 2.24) is 14.9 Å². The minimum Gasteiger partial charge on any atom is -0.491 e. The predicted octanol–water partition coefficient (Wildman–Crippen LogP) is 2.50. The van der Waals surface area contributed by atoms with Crippen molar-refractivity contribution in [3.63, 3.8) is 0 Å². The Kier molecular flexibility index (Phi) is 5.01. The third-order valence-electron chi connectivity index (χ3n) is 7.35. The van der Waals surface area contributed by atoms with Gasteiger partial charge in [0.2, 0.25) is 5.91 Å². The van der Waals surface area contributed by atoms with Gasteiger partial charge < -0.3 is 25.1 Å². The first-order valence-corrected chi connectivity index (χ1v) is 11.7. The molecular weight excluding hydrogens is 451 g/mol. The minimum atomic E-state index is -0.731. The summed E-state index contributed by atoms with van der Waals surface area (Å²) in [6.45, 7) is 6.01. The summed E-state index contributed by atoms with van der Waals surface area (Å²) in [7, 11) is 0. The lowest BCUT2D eigenvalue weighted by Crippen LogP contribution is -2.34. The number of aryl methyl sites for hydroxylation is 2. The van der Waals surface area contributed by atoms with Crippen LogP contribution in [0.4, 0.5) is 4.39 Å². The van der Waals surface area contributed by atoms with E-state index in [1.807, 2.05) is 13.0 Å². The number of benzene rings is 1. The molecule has 3 N–H and O–H groups in total. The van der Waals surface area contributed by atoms with Crippen LogP contribution in [0, 0.1) is 12.7 Å². The third-order valence-corrected chi connectivity index (χ3v) is 7.35. The van der Waals surface area contributed by atoms with Gasteiger partial charge in [-0.25, -0.2) is 9.37 Å². The van der Waals surface area contributed by atoms with Gasteiger partial charge in [0.25, 0.3) is 5.56 Å². The average molecular weight is 477 g/mol. The van der Waals surface area contributed by atoms with Crippen LogP contribution < -0.4 is 16.6 Å². The average Bonchev–Trinajstić information content (AvgIpc) is 3.22. The standard InChI is InChI=1S/C26H25FN4O4/c1-12-14-4-3-5-15-17-9-31-21(24(17)30-20(23(14)15)7-19(12)27)6-16-18(26(31)33)10-34-13(2)25(16)35-11-29-22(32)8-28/h6-7,25H,2-5,8-11,28H2,1H3,(H,29,32). The minimum absolute atomic E-state index is 0.0927. The van der Waals surface area contributed by atoms with E-state index in [1.54, 1.807) is 4.57 Å². The summed E-state index contributed by atoms with van der Waals surface area (Å²) in [6.07, 6.45) is 1.90. The van der Waals surface area contributed by atoms with Crippen molar-refractivity contribution in [1.29, 1.82) is 0 Å². The van der Waals surface area contributed by atoms with E-state index in [9.17, 15) is 14.0 Å². The number of fused-ring (bicyclic) bond motifs is 5. The van der Waals surface area contributed by atoms with E-state index in [4.69, 9.17) is 20.2 Å².